The highest BCUT2D eigenvalue weighted by atomic mass is 16.5. The smallest absolute Gasteiger partial charge is 0.337 e. The Kier molecular flexibility index (Phi) is 6.30. The summed E-state index contributed by atoms with van der Waals surface area (Å²) < 4.78 is 6.68. The van der Waals surface area contributed by atoms with Gasteiger partial charge in [-0.05, 0) is 29.8 Å². The molecule has 4 rings (SSSR count). The number of ether oxygens (including phenoxy) is 1. The van der Waals surface area contributed by atoms with Crippen molar-refractivity contribution < 1.29 is 28.8 Å². The number of amides is 1. The maximum Gasteiger partial charge on any atom is 0.337 e. The molecule has 9 nitrogen and oxygen atoms in total. The molecule has 1 amide bonds. The number of aromatic nitrogens is 3. The Morgan fingerprint density at radius 3 is 2.52 bits per heavy atom. The molecule has 2 N–H and O–H groups in total. The van der Waals surface area contributed by atoms with Crippen LogP contribution in [0, 0.1) is 0 Å². The molecule has 33 heavy (non-hydrogen) atoms. The van der Waals surface area contributed by atoms with Gasteiger partial charge in [0, 0.05) is 30.9 Å². The molecule has 168 valence electrons. The molecular weight excluding hydrogens is 424 g/mol. The molecule has 0 aliphatic carbocycles. The van der Waals surface area contributed by atoms with Crippen molar-refractivity contribution in [1.29, 1.82) is 0 Å². The van der Waals surface area contributed by atoms with E-state index in [9.17, 15) is 19.5 Å². The van der Waals surface area contributed by atoms with Gasteiger partial charge >= 0.3 is 5.97 Å². The van der Waals surface area contributed by atoms with Crippen molar-refractivity contribution in [3.63, 3.8) is 0 Å². The van der Waals surface area contributed by atoms with Crippen LogP contribution in [-0.4, -0.2) is 51.3 Å². The van der Waals surface area contributed by atoms with Crippen molar-refractivity contribution in [3.8, 4) is 0 Å². The van der Waals surface area contributed by atoms with Crippen molar-refractivity contribution in [3.05, 3.63) is 89.8 Å². The standard InChI is InChI=1S/C24H22N4O5/c1-33-24(32)18-5-3-16(4-6-18)20-19(21(29)17-7-9-25-10-8-17)22(30)23(31)28(20)13-2-12-27-14-11-26-15-27/h3-11,14-15,20H,2,12-13H2,1H3,(H,29,30)/p+1. The minimum atomic E-state index is -0.791. The van der Waals surface area contributed by atoms with Crippen molar-refractivity contribution in [2.75, 3.05) is 13.7 Å². The summed E-state index contributed by atoms with van der Waals surface area (Å²) in [5.74, 6) is -2.18. The number of methoxy groups -OCH3 is 1. The molecule has 1 unspecified atom stereocenters. The number of carbonyl (C=O) groups excluding carboxylic acids is 3. The summed E-state index contributed by atoms with van der Waals surface area (Å²) in [7, 11) is 1.29. The zero-order chi connectivity index (χ0) is 23.4. The Balaban J connectivity index is 1.72. The summed E-state index contributed by atoms with van der Waals surface area (Å²) in [6.07, 6.45) is 9.07. The minimum absolute atomic E-state index is 0.00585. The maximum atomic E-state index is 13.0. The number of ketones is 1. The Hall–Kier alpha value is -4.27. The predicted octanol–water partition coefficient (Wildman–Crippen LogP) is 2.00. The molecule has 1 atom stereocenters. The summed E-state index contributed by atoms with van der Waals surface area (Å²) >= 11 is 0. The molecular formula is C24H23N4O5+. The molecule has 0 radical (unpaired) electrons. The average molecular weight is 447 g/mol. The monoisotopic (exact) mass is 447 g/mol. The highest BCUT2D eigenvalue weighted by Gasteiger charge is 2.45. The molecule has 0 bridgehead atoms. The first-order chi connectivity index (χ1) is 16.0. The molecule has 9 heteroatoms. The van der Waals surface area contributed by atoms with Gasteiger partial charge in [0.2, 0.25) is 6.33 Å². The van der Waals surface area contributed by atoms with Crippen molar-refractivity contribution in [2.24, 2.45) is 0 Å². The Labute approximate surface area is 190 Å². The number of benzene rings is 1. The quantitative estimate of drug-likeness (QED) is 0.188. The highest BCUT2D eigenvalue weighted by molar-refractivity contribution is 6.46. The van der Waals surface area contributed by atoms with E-state index in [0.717, 1.165) is 0 Å². The van der Waals surface area contributed by atoms with E-state index in [1.807, 2.05) is 10.8 Å². The molecule has 0 saturated carbocycles. The van der Waals surface area contributed by atoms with Crippen LogP contribution in [0.2, 0.25) is 0 Å². The van der Waals surface area contributed by atoms with Crippen molar-refractivity contribution in [1.82, 2.24) is 14.9 Å². The van der Waals surface area contributed by atoms with Crippen LogP contribution in [0.4, 0.5) is 0 Å². The second-order valence-corrected chi connectivity index (χ2v) is 7.54. The summed E-state index contributed by atoms with van der Waals surface area (Å²) in [4.78, 5) is 46.2. The molecule has 1 saturated heterocycles. The van der Waals surface area contributed by atoms with Gasteiger partial charge in [-0.1, -0.05) is 12.1 Å². The number of H-pyrrole nitrogens is 1. The molecule has 3 aromatic rings. The lowest BCUT2D eigenvalue weighted by molar-refractivity contribution is -0.695. The van der Waals surface area contributed by atoms with Crippen LogP contribution in [0.25, 0.3) is 5.76 Å². The number of aliphatic hydroxyl groups excluding tert-OH is 1. The van der Waals surface area contributed by atoms with Crippen LogP contribution in [0.15, 0.2) is 73.1 Å². The third-order valence-electron chi connectivity index (χ3n) is 5.56. The second kappa shape index (κ2) is 9.47. The van der Waals surface area contributed by atoms with E-state index >= 15 is 0 Å². The lowest BCUT2D eigenvalue weighted by Gasteiger charge is -2.25. The van der Waals surface area contributed by atoms with Crippen molar-refractivity contribution >= 4 is 23.4 Å². The van der Waals surface area contributed by atoms with Crippen molar-refractivity contribution in [2.45, 2.75) is 19.0 Å². The lowest BCUT2D eigenvalue weighted by Crippen LogP contribution is -2.36. The number of Topliss-reactive ketones (excluding diaryl/α,β-unsaturated/α-hetero) is 1. The third kappa shape index (κ3) is 4.38. The van der Waals surface area contributed by atoms with E-state index in [-0.39, 0.29) is 11.3 Å². The van der Waals surface area contributed by atoms with Crippen LogP contribution < -0.4 is 4.57 Å². The first-order valence-corrected chi connectivity index (χ1v) is 10.4. The zero-order valence-corrected chi connectivity index (χ0v) is 18.0. The minimum Gasteiger partial charge on any atom is -0.507 e. The second-order valence-electron chi connectivity index (χ2n) is 7.54. The largest absolute Gasteiger partial charge is 0.507 e. The first-order valence-electron chi connectivity index (χ1n) is 10.4. The number of likely N-dealkylation sites (tertiary alicyclic amines) is 1. The van der Waals surface area contributed by atoms with Gasteiger partial charge in [0.1, 0.15) is 18.2 Å². The van der Waals surface area contributed by atoms with E-state index in [2.05, 4.69) is 9.97 Å². The van der Waals surface area contributed by atoms with Crippen LogP contribution >= 0.6 is 0 Å². The number of aliphatic hydroxyl groups is 1. The number of nitrogens with one attached hydrogen (secondary N) is 1. The van der Waals surface area contributed by atoms with Crippen LogP contribution in [-0.2, 0) is 20.9 Å². The molecule has 1 aliphatic rings. The number of esters is 1. The van der Waals surface area contributed by atoms with E-state index < -0.39 is 23.7 Å². The zero-order valence-electron chi connectivity index (χ0n) is 18.0. The van der Waals surface area contributed by atoms with Crippen LogP contribution in [0.1, 0.15) is 33.9 Å². The van der Waals surface area contributed by atoms with Crippen LogP contribution in [0.3, 0.4) is 0 Å². The Morgan fingerprint density at radius 2 is 1.88 bits per heavy atom. The predicted molar refractivity (Wildman–Crippen MR) is 117 cm³/mol. The fraction of sp³-hybridized carbons (Fsp3) is 0.208. The SMILES string of the molecule is COC(=O)c1ccc(C2C(=C(O)c3ccncc3)C(=O)C(=O)N2CCC[n+]2cc[nH]c2)cc1. The number of carbonyl (C=O) groups is 3. The summed E-state index contributed by atoms with van der Waals surface area (Å²) in [5, 5.41) is 11.0. The highest BCUT2D eigenvalue weighted by Crippen LogP contribution is 2.39. The summed E-state index contributed by atoms with van der Waals surface area (Å²) in [6, 6.07) is 8.83. The topological polar surface area (TPSA) is 116 Å². The van der Waals surface area contributed by atoms with Crippen LogP contribution in [0.5, 0.6) is 0 Å². The third-order valence-corrected chi connectivity index (χ3v) is 5.56. The summed E-state index contributed by atoms with van der Waals surface area (Å²) in [6.45, 7) is 0.949. The molecule has 1 aromatic carbocycles. The number of pyridine rings is 1. The average Bonchev–Trinajstić information content (AvgIpc) is 3.46. The molecule has 0 spiro atoms. The van der Waals surface area contributed by atoms with E-state index in [1.54, 1.807) is 48.9 Å². The Bertz CT molecular complexity index is 1190. The molecule has 1 fully saturated rings. The van der Waals surface area contributed by atoms with Gasteiger partial charge in [-0.25, -0.2) is 9.36 Å². The van der Waals surface area contributed by atoms with Gasteiger partial charge < -0.3 is 14.7 Å². The molecule has 3 heterocycles. The number of imidazole rings is 1. The lowest BCUT2D eigenvalue weighted by atomic mass is 9.95. The number of aromatic amines is 1. The van der Waals surface area contributed by atoms with E-state index in [4.69, 9.17) is 4.74 Å². The van der Waals surface area contributed by atoms with Gasteiger partial charge in [0.05, 0.1) is 30.8 Å². The Morgan fingerprint density at radius 1 is 1.15 bits per heavy atom. The normalized spacial score (nSPS) is 17.4. The number of aryl methyl sites for hydroxylation is 1. The fourth-order valence-corrected chi connectivity index (χ4v) is 3.93. The van der Waals surface area contributed by atoms with Gasteiger partial charge in [0.25, 0.3) is 11.7 Å². The number of hydrogen-bond acceptors (Lipinski definition) is 6. The van der Waals surface area contributed by atoms with Gasteiger partial charge in [0.15, 0.2) is 0 Å². The molecule has 2 aromatic heterocycles. The van der Waals surface area contributed by atoms with Gasteiger partial charge in [-0.15, -0.1) is 0 Å². The van der Waals surface area contributed by atoms with E-state index in [0.29, 0.717) is 36.2 Å². The number of nitrogens with zero attached hydrogens (tertiary/aromatic N) is 3. The van der Waals surface area contributed by atoms with Gasteiger partial charge in [-0.3, -0.25) is 19.6 Å². The van der Waals surface area contributed by atoms with Gasteiger partial charge in [-0.2, -0.15) is 0 Å². The molecule has 1 aliphatic heterocycles. The first kappa shape index (κ1) is 21.9. The van der Waals surface area contributed by atoms with E-state index in [1.165, 1.54) is 24.4 Å². The fourth-order valence-electron chi connectivity index (χ4n) is 3.93. The summed E-state index contributed by atoms with van der Waals surface area (Å²) in [5.41, 5.74) is 1.34. The number of hydrogen-bond donors (Lipinski definition) is 2. The maximum absolute atomic E-state index is 13.0. The number of rotatable bonds is 7.